The van der Waals surface area contributed by atoms with Crippen LogP contribution >= 0.6 is 11.3 Å². The number of thiazole rings is 1. The number of anilines is 2. The number of likely N-dealkylation sites (N-methyl/N-ethyl adjacent to an activating group) is 1. The molecule has 0 saturated carbocycles. The summed E-state index contributed by atoms with van der Waals surface area (Å²) in [4.78, 5) is 20.5. The fourth-order valence-electron chi connectivity index (χ4n) is 2.68. The zero-order chi connectivity index (χ0) is 18.0. The molecule has 134 valence electrons. The van der Waals surface area contributed by atoms with E-state index in [0.717, 1.165) is 38.0 Å². The van der Waals surface area contributed by atoms with Crippen molar-refractivity contribution in [1.82, 2.24) is 9.88 Å². The van der Waals surface area contributed by atoms with E-state index in [1.807, 2.05) is 0 Å². The van der Waals surface area contributed by atoms with Crippen molar-refractivity contribution in [3.05, 3.63) is 40.4 Å². The summed E-state index contributed by atoms with van der Waals surface area (Å²) in [6.07, 6.45) is 1.96. The molecule has 7 nitrogen and oxygen atoms in total. The van der Waals surface area contributed by atoms with Crippen LogP contribution in [-0.2, 0) is 23.0 Å². The van der Waals surface area contributed by atoms with Gasteiger partial charge in [0.1, 0.15) is 0 Å². The van der Waals surface area contributed by atoms with Crippen LogP contribution in [-0.4, -0.2) is 43.6 Å². The van der Waals surface area contributed by atoms with Crippen LogP contribution in [0, 0.1) is 0 Å². The second kappa shape index (κ2) is 7.11. The van der Waals surface area contributed by atoms with Crippen LogP contribution in [0.3, 0.4) is 0 Å². The van der Waals surface area contributed by atoms with Gasteiger partial charge in [0, 0.05) is 35.6 Å². The second-order valence-corrected chi connectivity index (χ2v) is 8.75. The van der Waals surface area contributed by atoms with Crippen molar-refractivity contribution in [3.63, 3.8) is 0 Å². The molecule has 1 aromatic heterocycles. The number of fused-ring (bicyclic) bond motifs is 1. The molecule has 2 aromatic rings. The van der Waals surface area contributed by atoms with Crippen molar-refractivity contribution < 1.29 is 13.2 Å². The Balaban J connectivity index is 1.73. The van der Waals surface area contributed by atoms with Crippen LogP contribution in [0.2, 0.25) is 0 Å². The molecule has 25 heavy (non-hydrogen) atoms. The van der Waals surface area contributed by atoms with E-state index in [1.54, 1.807) is 18.2 Å². The quantitative estimate of drug-likeness (QED) is 0.829. The van der Waals surface area contributed by atoms with Gasteiger partial charge >= 0.3 is 0 Å². The molecule has 2 heterocycles. The topological polar surface area (TPSA) is 91.4 Å². The fourth-order valence-corrected chi connectivity index (χ4v) is 4.28. The highest BCUT2D eigenvalue weighted by Gasteiger charge is 2.20. The van der Waals surface area contributed by atoms with Gasteiger partial charge in [0.2, 0.25) is 10.0 Å². The molecule has 0 spiro atoms. The number of amides is 1. The lowest BCUT2D eigenvalue weighted by atomic mass is 10.2. The number of nitrogens with zero attached hydrogens (tertiary/aromatic N) is 2. The number of rotatable bonds is 5. The average molecular weight is 380 g/mol. The number of benzene rings is 1. The zero-order valence-electron chi connectivity index (χ0n) is 14.1. The number of hydrogen-bond donors (Lipinski definition) is 2. The van der Waals surface area contributed by atoms with E-state index in [0.29, 0.717) is 16.4 Å². The Bertz CT molecular complexity index is 893. The number of hydrogen-bond acceptors (Lipinski definition) is 6. The van der Waals surface area contributed by atoms with Crippen molar-refractivity contribution in [1.29, 1.82) is 0 Å². The first-order chi connectivity index (χ1) is 11.8. The number of sulfonamides is 1. The van der Waals surface area contributed by atoms with Gasteiger partial charge in [-0.3, -0.25) is 19.7 Å². The fraction of sp³-hybridized carbons (Fsp3) is 0.375. The first-order valence-electron chi connectivity index (χ1n) is 7.94. The van der Waals surface area contributed by atoms with Crippen LogP contribution in [0.15, 0.2) is 24.3 Å². The summed E-state index contributed by atoms with van der Waals surface area (Å²) in [7, 11) is -3.39. The molecule has 1 aliphatic rings. The van der Waals surface area contributed by atoms with Crippen molar-refractivity contribution in [2.75, 3.05) is 29.4 Å². The Kier molecular flexibility index (Phi) is 5.07. The molecule has 1 aromatic carbocycles. The Morgan fingerprint density at radius 1 is 1.40 bits per heavy atom. The van der Waals surface area contributed by atoms with E-state index < -0.39 is 10.0 Å². The zero-order valence-corrected chi connectivity index (χ0v) is 15.7. The van der Waals surface area contributed by atoms with Crippen LogP contribution in [0.25, 0.3) is 0 Å². The minimum atomic E-state index is -3.39. The molecular formula is C16H20N4O3S2. The summed E-state index contributed by atoms with van der Waals surface area (Å²) in [5.41, 5.74) is 1.78. The van der Waals surface area contributed by atoms with Gasteiger partial charge in [0.25, 0.3) is 5.91 Å². The molecule has 0 saturated heterocycles. The Morgan fingerprint density at radius 3 is 2.92 bits per heavy atom. The van der Waals surface area contributed by atoms with Gasteiger partial charge in [0.15, 0.2) is 5.13 Å². The lowest BCUT2D eigenvalue weighted by molar-refractivity contribution is 0.102. The SMILES string of the molecule is CCN1CCc2nc(NC(=O)c3cccc(NS(C)(=O)=O)c3)sc2C1. The third kappa shape index (κ3) is 4.56. The van der Waals surface area contributed by atoms with Gasteiger partial charge < -0.3 is 0 Å². The molecule has 1 aliphatic heterocycles. The summed E-state index contributed by atoms with van der Waals surface area (Å²) in [6, 6.07) is 6.37. The minimum Gasteiger partial charge on any atom is -0.298 e. The minimum absolute atomic E-state index is 0.310. The van der Waals surface area contributed by atoms with Crippen molar-refractivity contribution in [3.8, 4) is 0 Å². The Hall–Kier alpha value is -1.97. The van der Waals surface area contributed by atoms with E-state index >= 15 is 0 Å². The lowest BCUT2D eigenvalue weighted by Crippen LogP contribution is -2.29. The molecule has 9 heteroatoms. The summed E-state index contributed by atoms with van der Waals surface area (Å²) in [5.74, 6) is -0.310. The van der Waals surface area contributed by atoms with Gasteiger partial charge in [-0.2, -0.15) is 0 Å². The van der Waals surface area contributed by atoms with E-state index in [4.69, 9.17) is 0 Å². The van der Waals surface area contributed by atoms with Crippen LogP contribution in [0.5, 0.6) is 0 Å². The maximum atomic E-state index is 12.4. The monoisotopic (exact) mass is 380 g/mol. The third-order valence-electron chi connectivity index (χ3n) is 3.91. The van der Waals surface area contributed by atoms with Gasteiger partial charge in [-0.25, -0.2) is 13.4 Å². The molecule has 0 radical (unpaired) electrons. The van der Waals surface area contributed by atoms with E-state index in [1.165, 1.54) is 22.3 Å². The summed E-state index contributed by atoms with van der Waals surface area (Å²) in [6.45, 7) is 4.98. The highest BCUT2D eigenvalue weighted by atomic mass is 32.2. The Morgan fingerprint density at radius 2 is 2.20 bits per heavy atom. The number of carbonyl (C=O) groups excluding carboxylic acids is 1. The summed E-state index contributed by atoms with van der Waals surface area (Å²) >= 11 is 1.50. The molecule has 0 fully saturated rings. The van der Waals surface area contributed by atoms with Gasteiger partial charge in [0.05, 0.1) is 11.9 Å². The van der Waals surface area contributed by atoms with Crippen molar-refractivity contribution >= 4 is 38.1 Å². The van der Waals surface area contributed by atoms with Gasteiger partial charge in [-0.1, -0.05) is 13.0 Å². The molecule has 0 unspecified atom stereocenters. The number of nitrogens with one attached hydrogen (secondary N) is 2. The number of carbonyl (C=O) groups is 1. The summed E-state index contributed by atoms with van der Waals surface area (Å²) in [5, 5.41) is 3.39. The largest absolute Gasteiger partial charge is 0.298 e. The molecule has 3 rings (SSSR count). The maximum absolute atomic E-state index is 12.4. The van der Waals surface area contributed by atoms with Crippen molar-refractivity contribution in [2.24, 2.45) is 0 Å². The Labute approximate surface area is 151 Å². The second-order valence-electron chi connectivity index (χ2n) is 5.92. The average Bonchev–Trinajstić information content (AvgIpc) is 2.94. The molecule has 1 amide bonds. The first kappa shape index (κ1) is 17.8. The molecule has 0 atom stereocenters. The highest BCUT2D eigenvalue weighted by Crippen LogP contribution is 2.28. The summed E-state index contributed by atoms with van der Waals surface area (Å²) < 4.78 is 25.0. The maximum Gasteiger partial charge on any atom is 0.257 e. The van der Waals surface area contributed by atoms with E-state index in [2.05, 4.69) is 26.8 Å². The highest BCUT2D eigenvalue weighted by molar-refractivity contribution is 7.92. The predicted molar refractivity (Wildman–Crippen MR) is 99.6 cm³/mol. The van der Waals surface area contributed by atoms with E-state index in [9.17, 15) is 13.2 Å². The number of aromatic nitrogens is 1. The van der Waals surface area contributed by atoms with Crippen LogP contribution in [0.1, 0.15) is 27.9 Å². The first-order valence-corrected chi connectivity index (χ1v) is 10.6. The van der Waals surface area contributed by atoms with Crippen LogP contribution < -0.4 is 10.0 Å². The molecule has 0 bridgehead atoms. The van der Waals surface area contributed by atoms with Crippen LogP contribution in [0.4, 0.5) is 10.8 Å². The lowest BCUT2D eigenvalue weighted by Gasteiger charge is -2.23. The standard InChI is InChI=1S/C16H20N4O3S2/c1-3-20-8-7-13-14(10-20)24-16(17-13)18-15(21)11-5-4-6-12(9-11)19-25(2,22)23/h4-6,9,19H,3,7-8,10H2,1-2H3,(H,17,18,21). The molecule has 2 N–H and O–H groups in total. The predicted octanol–water partition coefficient (Wildman–Crippen LogP) is 2.14. The molecular weight excluding hydrogens is 360 g/mol. The van der Waals surface area contributed by atoms with Crippen molar-refractivity contribution in [2.45, 2.75) is 19.9 Å². The third-order valence-corrected chi connectivity index (χ3v) is 5.51. The molecule has 0 aliphatic carbocycles. The smallest absolute Gasteiger partial charge is 0.257 e. The van der Waals surface area contributed by atoms with Gasteiger partial charge in [-0.15, -0.1) is 11.3 Å². The van der Waals surface area contributed by atoms with Gasteiger partial charge in [-0.05, 0) is 24.7 Å². The normalized spacial score (nSPS) is 14.8. The van der Waals surface area contributed by atoms with E-state index in [-0.39, 0.29) is 5.91 Å².